The Morgan fingerprint density at radius 2 is 1.68 bits per heavy atom. The molecule has 13 heteroatoms. The van der Waals surface area contributed by atoms with Crippen LogP contribution < -0.4 is 4.74 Å². The Bertz CT molecular complexity index is 1500. The molecule has 3 aromatic rings. The Labute approximate surface area is 234 Å². The van der Waals surface area contributed by atoms with E-state index >= 15 is 0 Å². The van der Waals surface area contributed by atoms with E-state index in [2.05, 4.69) is 15.2 Å². The second-order valence-corrected chi connectivity index (χ2v) is 10.4. The lowest BCUT2D eigenvalue weighted by Gasteiger charge is -2.41. The molecule has 0 saturated carbocycles. The summed E-state index contributed by atoms with van der Waals surface area (Å²) in [4.78, 5) is 33.8. The van der Waals surface area contributed by atoms with E-state index in [4.69, 9.17) is 4.74 Å². The van der Waals surface area contributed by atoms with Crippen molar-refractivity contribution < 1.29 is 27.5 Å². The first-order valence-electron chi connectivity index (χ1n) is 13.5. The summed E-state index contributed by atoms with van der Waals surface area (Å²) >= 11 is 0. The van der Waals surface area contributed by atoms with Crippen molar-refractivity contribution in [2.24, 2.45) is 12.1 Å². The van der Waals surface area contributed by atoms with Gasteiger partial charge < -0.3 is 14.5 Å². The number of rotatable bonds is 5. The van der Waals surface area contributed by atoms with Gasteiger partial charge in [-0.15, -0.1) is 0 Å². The smallest absolute Gasteiger partial charge is 0.341 e. The van der Waals surface area contributed by atoms with Crippen LogP contribution in [-0.4, -0.2) is 80.0 Å². The van der Waals surface area contributed by atoms with E-state index in [0.717, 1.165) is 31.5 Å². The molecule has 6 rings (SSSR count). The van der Waals surface area contributed by atoms with Gasteiger partial charge in [0.1, 0.15) is 17.7 Å². The normalized spacial score (nSPS) is 19.0. The van der Waals surface area contributed by atoms with E-state index in [1.165, 1.54) is 45.2 Å². The van der Waals surface area contributed by atoms with Crippen molar-refractivity contribution in [1.82, 2.24) is 29.6 Å². The van der Waals surface area contributed by atoms with Crippen molar-refractivity contribution in [2.45, 2.75) is 37.8 Å². The molecule has 3 aliphatic heterocycles. The van der Waals surface area contributed by atoms with Gasteiger partial charge >= 0.3 is 6.03 Å². The van der Waals surface area contributed by atoms with Crippen LogP contribution in [0.3, 0.4) is 0 Å². The topological polar surface area (TPSA) is 96.2 Å². The molecule has 0 aliphatic carbocycles. The maximum Gasteiger partial charge on any atom is 0.341 e. The second-order valence-electron chi connectivity index (χ2n) is 10.4. The van der Waals surface area contributed by atoms with Gasteiger partial charge in [-0.05, 0) is 37.0 Å². The zero-order chi connectivity index (χ0) is 28.7. The van der Waals surface area contributed by atoms with Crippen LogP contribution in [-0.2, 0) is 7.05 Å². The molecule has 3 aliphatic rings. The molecule has 2 saturated heterocycles. The standard InChI is InChI=1S/C28H28F3N7O3/c1-35-26(21(13-34-35)27(39)36-7-3-2-4-8-36)23-12-25(22(31)14-32-23)41-20-15-37(16-20)28(40)38-24(5-6-33-38)17-9-18(29)11-19(30)10-17/h6,9-14,20,24H,2-5,7-8,15-16H2,1H3/t24-/m0/s1. The monoisotopic (exact) mass is 567 g/mol. The lowest BCUT2D eigenvalue weighted by molar-refractivity contribution is 0.0256. The van der Waals surface area contributed by atoms with Crippen LogP contribution in [0.4, 0.5) is 18.0 Å². The maximum atomic E-state index is 14.7. The number of carbonyl (C=O) groups is 2. The van der Waals surface area contributed by atoms with Gasteiger partial charge in [0.05, 0.1) is 48.5 Å². The van der Waals surface area contributed by atoms with Crippen molar-refractivity contribution in [3.05, 3.63) is 65.2 Å². The van der Waals surface area contributed by atoms with Crippen LogP contribution >= 0.6 is 0 Å². The fourth-order valence-electron chi connectivity index (χ4n) is 5.44. The number of piperidine rings is 1. The summed E-state index contributed by atoms with van der Waals surface area (Å²) in [7, 11) is 1.69. The predicted molar refractivity (Wildman–Crippen MR) is 142 cm³/mol. The third kappa shape index (κ3) is 5.23. The summed E-state index contributed by atoms with van der Waals surface area (Å²) in [5.74, 6) is -2.34. The summed E-state index contributed by atoms with van der Waals surface area (Å²) in [6.45, 7) is 1.68. The molecule has 2 fully saturated rings. The zero-order valence-corrected chi connectivity index (χ0v) is 22.3. The number of urea groups is 1. The number of aromatic nitrogens is 3. The SMILES string of the molecule is Cn1ncc(C(=O)N2CCCCC2)c1-c1cc(OC2CN(C(=O)N3N=CC[C@H]3c3cc(F)cc(F)c3)C2)c(F)cn1. The maximum absolute atomic E-state index is 14.7. The minimum Gasteiger partial charge on any atom is -0.483 e. The molecule has 0 unspecified atom stereocenters. The largest absolute Gasteiger partial charge is 0.483 e. The predicted octanol–water partition coefficient (Wildman–Crippen LogP) is 4.14. The average Bonchev–Trinajstić information content (AvgIpc) is 3.58. The van der Waals surface area contributed by atoms with Gasteiger partial charge in [-0.2, -0.15) is 10.2 Å². The molecule has 214 valence electrons. The van der Waals surface area contributed by atoms with Crippen molar-refractivity contribution in [1.29, 1.82) is 0 Å². The van der Waals surface area contributed by atoms with E-state index in [-0.39, 0.29) is 24.7 Å². The zero-order valence-electron chi connectivity index (χ0n) is 22.3. The summed E-state index contributed by atoms with van der Waals surface area (Å²) in [6.07, 6.45) is 6.87. The highest BCUT2D eigenvalue weighted by molar-refractivity contribution is 5.99. The highest BCUT2D eigenvalue weighted by Gasteiger charge is 2.39. The van der Waals surface area contributed by atoms with Crippen LogP contribution in [0.15, 0.2) is 41.8 Å². The van der Waals surface area contributed by atoms with Gasteiger partial charge in [0, 0.05) is 44.9 Å². The highest BCUT2D eigenvalue weighted by Crippen LogP contribution is 2.33. The van der Waals surface area contributed by atoms with Crippen molar-refractivity contribution in [3.8, 4) is 17.1 Å². The Hall–Kier alpha value is -4.42. The van der Waals surface area contributed by atoms with Crippen molar-refractivity contribution in [2.75, 3.05) is 26.2 Å². The number of halogens is 3. The quantitative estimate of drug-likeness (QED) is 0.462. The van der Waals surface area contributed by atoms with Gasteiger partial charge in [0.15, 0.2) is 11.6 Å². The lowest BCUT2D eigenvalue weighted by atomic mass is 10.0. The summed E-state index contributed by atoms with van der Waals surface area (Å²) in [5.41, 5.74) is 1.49. The van der Waals surface area contributed by atoms with Gasteiger partial charge in [0.25, 0.3) is 5.91 Å². The van der Waals surface area contributed by atoms with Gasteiger partial charge in [0.2, 0.25) is 0 Å². The molecule has 0 bridgehead atoms. The van der Waals surface area contributed by atoms with E-state index in [1.807, 2.05) is 0 Å². The number of benzene rings is 1. The summed E-state index contributed by atoms with van der Waals surface area (Å²) < 4.78 is 49.6. The fraction of sp³-hybridized carbons (Fsp3) is 0.393. The van der Waals surface area contributed by atoms with Gasteiger partial charge in [-0.3, -0.25) is 14.5 Å². The van der Waals surface area contributed by atoms with Crippen LogP contribution in [0.1, 0.15) is 47.6 Å². The number of pyridine rings is 1. The molecule has 41 heavy (non-hydrogen) atoms. The molecular weight excluding hydrogens is 539 g/mol. The van der Waals surface area contributed by atoms with Gasteiger partial charge in [-0.1, -0.05) is 0 Å². The van der Waals surface area contributed by atoms with E-state index in [1.54, 1.807) is 11.9 Å². The molecule has 3 amide bonds. The number of amides is 3. The minimum atomic E-state index is -0.732. The first-order valence-corrected chi connectivity index (χ1v) is 13.5. The van der Waals surface area contributed by atoms with E-state index in [9.17, 15) is 22.8 Å². The summed E-state index contributed by atoms with van der Waals surface area (Å²) in [5, 5.41) is 9.55. The Kier molecular flexibility index (Phi) is 7.10. The number of nitrogens with zero attached hydrogens (tertiary/aromatic N) is 7. The number of hydrogen-bond acceptors (Lipinski definition) is 6. The lowest BCUT2D eigenvalue weighted by Crippen LogP contribution is -2.58. The Balaban J connectivity index is 1.13. The molecule has 10 nitrogen and oxygen atoms in total. The number of likely N-dealkylation sites (tertiary alicyclic amines) is 2. The van der Waals surface area contributed by atoms with Crippen LogP contribution in [0.25, 0.3) is 11.4 Å². The van der Waals surface area contributed by atoms with Crippen LogP contribution in [0.5, 0.6) is 5.75 Å². The molecular formula is C28H28F3N7O3. The number of ether oxygens (including phenoxy) is 1. The third-order valence-corrected chi connectivity index (χ3v) is 7.58. The van der Waals surface area contributed by atoms with Gasteiger partial charge in [-0.25, -0.2) is 23.0 Å². The fourth-order valence-corrected chi connectivity index (χ4v) is 5.44. The molecule has 5 heterocycles. The molecule has 1 atom stereocenters. The third-order valence-electron chi connectivity index (χ3n) is 7.58. The first-order chi connectivity index (χ1) is 19.8. The molecule has 0 radical (unpaired) electrons. The molecule has 1 aromatic carbocycles. The highest BCUT2D eigenvalue weighted by atomic mass is 19.1. The Morgan fingerprint density at radius 3 is 2.41 bits per heavy atom. The number of hydrogen-bond donors (Lipinski definition) is 0. The van der Waals surface area contributed by atoms with E-state index in [0.29, 0.717) is 42.0 Å². The Morgan fingerprint density at radius 1 is 0.951 bits per heavy atom. The molecule has 0 N–H and O–H groups in total. The molecule has 2 aromatic heterocycles. The second kappa shape index (κ2) is 10.9. The van der Waals surface area contributed by atoms with Crippen molar-refractivity contribution >= 4 is 18.2 Å². The van der Waals surface area contributed by atoms with Crippen LogP contribution in [0.2, 0.25) is 0 Å². The summed E-state index contributed by atoms with van der Waals surface area (Å²) in [6, 6.07) is 3.50. The van der Waals surface area contributed by atoms with Crippen LogP contribution in [0, 0.1) is 17.5 Å². The van der Waals surface area contributed by atoms with Crippen molar-refractivity contribution in [3.63, 3.8) is 0 Å². The minimum absolute atomic E-state index is 0.0584. The number of carbonyl (C=O) groups excluding carboxylic acids is 2. The van der Waals surface area contributed by atoms with E-state index < -0.39 is 35.6 Å². The first kappa shape index (κ1) is 26.8. The number of aryl methyl sites for hydroxylation is 1. The number of hydrazone groups is 1. The average molecular weight is 568 g/mol. The molecule has 0 spiro atoms.